The van der Waals surface area contributed by atoms with Gasteiger partial charge in [0.1, 0.15) is 0 Å². The van der Waals surface area contributed by atoms with Gasteiger partial charge >= 0.3 is 6.18 Å². The fourth-order valence-electron chi connectivity index (χ4n) is 3.72. The largest absolute Gasteiger partial charge is 0.464 e. The van der Waals surface area contributed by atoms with Gasteiger partial charge in [0.05, 0.1) is 16.6 Å². The minimum atomic E-state index is -4.60. The van der Waals surface area contributed by atoms with Crippen LogP contribution in [-0.4, -0.2) is 33.3 Å². The molecule has 0 spiro atoms. The van der Waals surface area contributed by atoms with E-state index in [1.807, 2.05) is 24.3 Å². The number of rotatable bonds is 3. The topological polar surface area (TPSA) is 60.2 Å². The van der Waals surface area contributed by atoms with E-state index in [2.05, 4.69) is 10.1 Å². The molecule has 6 nitrogen and oxygen atoms in total. The minimum Gasteiger partial charge on any atom is -0.464 e. The first kappa shape index (κ1) is 19.2. The van der Waals surface area contributed by atoms with Gasteiger partial charge in [0, 0.05) is 25.3 Å². The molecule has 0 radical (unpaired) electrons. The monoisotopic (exact) mass is 404 g/mol. The molecule has 1 aliphatic heterocycles. The zero-order valence-corrected chi connectivity index (χ0v) is 16.1. The van der Waals surface area contributed by atoms with Gasteiger partial charge in [0.25, 0.3) is 5.91 Å². The van der Waals surface area contributed by atoms with E-state index in [9.17, 15) is 18.0 Å². The van der Waals surface area contributed by atoms with Crippen LogP contribution in [0.5, 0.6) is 5.88 Å². The highest BCUT2D eigenvalue weighted by Gasteiger charge is 2.36. The lowest BCUT2D eigenvalue weighted by atomic mass is 10.1. The van der Waals surface area contributed by atoms with Crippen molar-refractivity contribution in [2.75, 3.05) is 11.4 Å². The number of anilines is 1. The summed E-state index contributed by atoms with van der Waals surface area (Å²) in [5, 5.41) is 3.96. The van der Waals surface area contributed by atoms with Gasteiger partial charge in [-0.15, -0.1) is 0 Å². The Morgan fingerprint density at radius 3 is 2.72 bits per heavy atom. The Morgan fingerprint density at radius 1 is 1.28 bits per heavy atom. The normalized spacial score (nSPS) is 14.9. The molecule has 1 aromatic carbocycles. The predicted octanol–water partition coefficient (Wildman–Crippen LogP) is 3.65. The average Bonchev–Trinajstić information content (AvgIpc) is 3.21. The number of para-hydroxylation sites is 1. The summed E-state index contributed by atoms with van der Waals surface area (Å²) >= 11 is 0. The zero-order valence-electron chi connectivity index (χ0n) is 16.1. The van der Waals surface area contributed by atoms with Crippen molar-refractivity contribution in [1.82, 2.24) is 14.8 Å². The lowest BCUT2D eigenvalue weighted by molar-refractivity contribution is -0.136. The summed E-state index contributed by atoms with van der Waals surface area (Å²) < 4.78 is 47.6. The van der Waals surface area contributed by atoms with Crippen LogP contribution >= 0.6 is 0 Å². The van der Waals surface area contributed by atoms with Crippen LogP contribution in [0.3, 0.4) is 0 Å². The molecule has 0 aliphatic carbocycles. The number of fused-ring (bicyclic) bond motifs is 2. The Balaban J connectivity index is 1.66. The molecule has 3 aromatic rings. The van der Waals surface area contributed by atoms with Crippen molar-refractivity contribution in [2.45, 2.75) is 32.5 Å². The van der Waals surface area contributed by atoms with Crippen LogP contribution in [0.1, 0.15) is 23.7 Å². The lowest BCUT2D eigenvalue weighted by Crippen LogP contribution is -2.39. The number of nitrogens with zero attached hydrogens (tertiary/aromatic N) is 4. The summed E-state index contributed by atoms with van der Waals surface area (Å²) in [6, 6.07) is 8.37. The summed E-state index contributed by atoms with van der Waals surface area (Å²) in [5.41, 5.74) is 1.26. The number of hydrogen-bond acceptors (Lipinski definition) is 4. The number of carbonyl (C=O) groups is 1. The van der Waals surface area contributed by atoms with E-state index < -0.39 is 17.8 Å². The van der Waals surface area contributed by atoms with Gasteiger partial charge in [0.2, 0.25) is 5.88 Å². The number of hydrogen-bond donors (Lipinski definition) is 0. The second-order valence-electron chi connectivity index (χ2n) is 7.04. The van der Waals surface area contributed by atoms with Crippen LogP contribution in [0.25, 0.3) is 11.0 Å². The van der Waals surface area contributed by atoms with E-state index in [0.29, 0.717) is 6.54 Å². The van der Waals surface area contributed by atoms with Crippen LogP contribution in [0.15, 0.2) is 30.3 Å². The number of carbonyl (C=O) groups excluding carboxylic acids is 1. The summed E-state index contributed by atoms with van der Waals surface area (Å²) in [5.74, 6) is -0.590. The van der Waals surface area contributed by atoms with E-state index in [0.717, 1.165) is 23.7 Å². The molecular weight excluding hydrogens is 385 g/mol. The molecular formula is C20H19F3N4O2. The molecule has 0 N–H and O–H groups in total. The van der Waals surface area contributed by atoms with Crippen LogP contribution in [0.2, 0.25) is 0 Å². The van der Waals surface area contributed by atoms with Crippen LogP contribution < -0.4 is 9.64 Å². The maximum Gasteiger partial charge on any atom is 0.417 e. The number of aryl methyl sites for hydroxylation is 2. The van der Waals surface area contributed by atoms with E-state index in [1.165, 1.54) is 25.6 Å². The van der Waals surface area contributed by atoms with Crippen molar-refractivity contribution >= 4 is 22.6 Å². The van der Waals surface area contributed by atoms with Crippen molar-refractivity contribution in [1.29, 1.82) is 0 Å². The van der Waals surface area contributed by atoms with Crippen molar-refractivity contribution in [2.24, 2.45) is 7.05 Å². The molecule has 152 valence electrons. The van der Waals surface area contributed by atoms with Gasteiger partial charge < -0.3 is 9.64 Å². The minimum absolute atomic E-state index is 0.0542. The molecule has 4 rings (SSSR count). The molecule has 29 heavy (non-hydrogen) atoms. The fourth-order valence-corrected chi connectivity index (χ4v) is 3.72. The molecule has 3 heterocycles. The Kier molecular flexibility index (Phi) is 4.48. The molecule has 0 saturated carbocycles. The standard InChI is InChI=1S/C20H19F3N4O2/c1-11-17-14(20(21,22)23)10-16(24-18(17)26(3)25-11)29-12(2)19(28)27-9-8-13-6-4-5-7-15(13)27/h4-7,10,12H,8-9H2,1-3H3/t12-/m0/s1. The van der Waals surface area contributed by atoms with Crippen molar-refractivity contribution < 1.29 is 22.7 Å². The second-order valence-corrected chi connectivity index (χ2v) is 7.04. The van der Waals surface area contributed by atoms with E-state index >= 15 is 0 Å². The molecule has 1 amide bonds. The summed E-state index contributed by atoms with van der Waals surface area (Å²) in [6.07, 6.45) is -4.87. The van der Waals surface area contributed by atoms with Gasteiger partial charge in [0.15, 0.2) is 11.8 Å². The number of halogens is 3. The molecule has 2 aromatic heterocycles. The number of pyridine rings is 1. The third-order valence-corrected chi connectivity index (χ3v) is 5.05. The smallest absolute Gasteiger partial charge is 0.417 e. The van der Waals surface area contributed by atoms with E-state index in [1.54, 1.807) is 4.90 Å². The second kappa shape index (κ2) is 6.75. The quantitative estimate of drug-likeness (QED) is 0.669. The number of ether oxygens (including phenoxy) is 1. The molecule has 1 aliphatic rings. The molecule has 9 heteroatoms. The number of amides is 1. The fraction of sp³-hybridized carbons (Fsp3) is 0.350. The summed E-state index contributed by atoms with van der Waals surface area (Å²) in [4.78, 5) is 18.6. The highest BCUT2D eigenvalue weighted by molar-refractivity contribution is 5.98. The lowest BCUT2D eigenvalue weighted by Gasteiger charge is -2.22. The average molecular weight is 404 g/mol. The molecule has 0 bridgehead atoms. The maximum atomic E-state index is 13.6. The zero-order chi connectivity index (χ0) is 20.9. The van der Waals surface area contributed by atoms with Crippen molar-refractivity contribution in [3.8, 4) is 5.88 Å². The highest BCUT2D eigenvalue weighted by Crippen LogP contribution is 2.38. The summed E-state index contributed by atoms with van der Waals surface area (Å²) in [6.45, 7) is 3.51. The van der Waals surface area contributed by atoms with Gasteiger partial charge in [-0.05, 0) is 31.9 Å². The Labute approximate surface area is 164 Å². The van der Waals surface area contributed by atoms with Crippen LogP contribution in [-0.2, 0) is 24.4 Å². The van der Waals surface area contributed by atoms with Gasteiger partial charge in [-0.2, -0.15) is 23.3 Å². The van der Waals surface area contributed by atoms with Crippen molar-refractivity contribution in [3.05, 3.63) is 47.2 Å². The van der Waals surface area contributed by atoms with Crippen molar-refractivity contribution in [3.63, 3.8) is 0 Å². The number of benzene rings is 1. The summed E-state index contributed by atoms with van der Waals surface area (Å²) in [7, 11) is 1.52. The Bertz CT molecular complexity index is 1110. The predicted molar refractivity (Wildman–Crippen MR) is 101 cm³/mol. The van der Waals surface area contributed by atoms with Gasteiger partial charge in [-0.25, -0.2) is 0 Å². The molecule has 0 fully saturated rings. The van der Waals surface area contributed by atoms with E-state index in [-0.39, 0.29) is 28.5 Å². The first-order valence-electron chi connectivity index (χ1n) is 9.14. The van der Waals surface area contributed by atoms with Gasteiger partial charge in [-0.1, -0.05) is 18.2 Å². The molecule has 0 saturated heterocycles. The van der Waals surface area contributed by atoms with Gasteiger partial charge in [-0.3, -0.25) is 9.48 Å². The number of aromatic nitrogens is 3. The third kappa shape index (κ3) is 3.30. The first-order valence-corrected chi connectivity index (χ1v) is 9.14. The SMILES string of the molecule is Cc1nn(C)c2nc(O[C@@H](C)C(=O)N3CCc4ccccc43)cc(C(F)(F)F)c12. The van der Waals surface area contributed by atoms with Crippen LogP contribution in [0.4, 0.5) is 18.9 Å². The highest BCUT2D eigenvalue weighted by atomic mass is 19.4. The maximum absolute atomic E-state index is 13.6. The first-order chi connectivity index (χ1) is 13.7. The third-order valence-electron chi connectivity index (χ3n) is 5.05. The van der Waals surface area contributed by atoms with Crippen LogP contribution in [0, 0.1) is 6.92 Å². The molecule has 1 atom stereocenters. The Morgan fingerprint density at radius 2 is 2.00 bits per heavy atom. The number of alkyl halides is 3. The van der Waals surface area contributed by atoms with E-state index in [4.69, 9.17) is 4.74 Å². The Hall–Kier alpha value is -3.10. The molecule has 0 unspecified atom stereocenters.